The first-order chi connectivity index (χ1) is 10.1. The predicted octanol–water partition coefficient (Wildman–Crippen LogP) is 1.38. The van der Waals surface area contributed by atoms with Crippen LogP contribution in [0.3, 0.4) is 0 Å². The van der Waals surface area contributed by atoms with Crippen LogP contribution in [0.25, 0.3) is 0 Å². The van der Waals surface area contributed by atoms with Gasteiger partial charge in [-0.1, -0.05) is 0 Å². The van der Waals surface area contributed by atoms with E-state index in [2.05, 4.69) is 41.7 Å². The second-order valence-electron chi connectivity index (χ2n) is 4.44. The van der Waals surface area contributed by atoms with Gasteiger partial charge in [0.25, 0.3) is 5.91 Å². The van der Waals surface area contributed by atoms with Crippen LogP contribution in [-0.4, -0.2) is 38.7 Å². The summed E-state index contributed by atoms with van der Waals surface area (Å²) in [7, 11) is 1.87. The third-order valence-corrected chi connectivity index (χ3v) is 3.32. The minimum absolute atomic E-state index is 0.165. The zero-order valence-electron chi connectivity index (χ0n) is 11.9. The number of aromatic nitrogens is 4. The molecule has 2 heterocycles. The van der Waals surface area contributed by atoms with Gasteiger partial charge in [0.05, 0.1) is 5.56 Å². The number of carbonyl (C=O) groups is 1. The molecule has 2 N–H and O–H groups in total. The van der Waals surface area contributed by atoms with Crippen molar-refractivity contribution in [3.8, 4) is 0 Å². The van der Waals surface area contributed by atoms with Crippen LogP contribution in [0.2, 0.25) is 0 Å². The third-order valence-electron chi connectivity index (χ3n) is 2.88. The number of amides is 1. The Morgan fingerprint density at radius 2 is 2.29 bits per heavy atom. The van der Waals surface area contributed by atoms with Crippen molar-refractivity contribution < 1.29 is 4.79 Å². The van der Waals surface area contributed by atoms with Crippen molar-refractivity contribution in [1.82, 2.24) is 25.1 Å². The lowest BCUT2D eigenvalue weighted by molar-refractivity contribution is 0.0954. The molecule has 7 nitrogen and oxygen atoms in total. The van der Waals surface area contributed by atoms with E-state index in [9.17, 15) is 4.79 Å². The molecule has 0 aliphatic heterocycles. The number of anilines is 1. The normalized spacial score (nSPS) is 10.4. The van der Waals surface area contributed by atoms with Crippen LogP contribution in [0.1, 0.15) is 23.1 Å². The molecule has 112 valence electrons. The second kappa shape index (κ2) is 7.16. The molecule has 2 aromatic heterocycles. The van der Waals surface area contributed by atoms with Crippen LogP contribution in [0.5, 0.6) is 0 Å². The van der Waals surface area contributed by atoms with Crippen LogP contribution in [0.15, 0.2) is 23.1 Å². The fourth-order valence-electron chi connectivity index (χ4n) is 1.84. The van der Waals surface area contributed by atoms with Gasteiger partial charge in [-0.15, -0.1) is 10.2 Å². The largest absolute Gasteiger partial charge is 0.370 e. The molecule has 0 saturated carbocycles. The second-order valence-corrected chi connectivity index (χ2v) is 5.36. The number of nitrogens with zero attached hydrogens (tertiary/aromatic N) is 4. The zero-order chi connectivity index (χ0) is 15.2. The molecule has 8 heteroatoms. The van der Waals surface area contributed by atoms with Gasteiger partial charge >= 0.3 is 0 Å². The number of nitrogens with one attached hydrogen (secondary N) is 2. The molecule has 0 fully saturated rings. The van der Waals surface area contributed by atoms with Gasteiger partial charge in [0.1, 0.15) is 18.0 Å². The van der Waals surface area contributed by atoms with E-state index in [4.69, 9.17) is 0 Å². The summed E-state index contributed by atoms with van der Waals surface area (Å²) in [5.74, 6) is 1.24. The van der Waals surface area contributed by atoms with Crippen molar-refractivity contribution >= 4 is 27.7 Å². The SMILES string of the molecule is CCNc1ncc(Br)cc1C(=O)NCCc1nncn1C. The summed E-state index contributed by atoms with van der Waals surface area (Å²) in [5, 5.41) is 13.7. The van der Waals surface area contributed by atoms with Gasteiger partial charge in [0.2, 0.25) is 0 Å². The van der Waals surface area contributed by atoms with E-state index in [1.165, 1.54) is 0 Å². The Hall–Kier alpha value is -1.96. The lowest BCUT2D eigenvalue weighted by Crippen LogP contribution is -2.27. The molecule has 2 rings (SSSR count). The highest BCUT2D eigenvalue weighted by Gasteiger charge is 2.13. The van der Waals surface area contributed by atoms with Crippen molar-refractivity contribution in [1.29, 1.82) is 0 Å². The molecule has 2 aromatic rings. The van der Waals surface area contributed by atoms with Crippen molar-refractivity contribution in [2.75, 3.05) is 18.4 Å². The summed E-state index contributed by atoms with van der Waals surface area (Å²) in [5.41, 5.74) is 0.518. The van der Waals surface area contributed by atoms with Gasteiger partial charge in [0, 0.05) is 37.2 Å². The summed E-state index contributed by atoms with van der Waals surface area (Å²) in [4.78, 5) is 16.5. The highest BCUT2D eigenvalue weighted by Crippen LogP contribution is 2.17. The number of carbonyl (C=O) groups excluding carboxylic acids is 1. The molecule has 0 aliphatic carbocycles. The standard InChI is InChI=1S/C13H17BrN6O/c1-3-15-12-10(6-9(14)7-17-12)13(21)16-5-4-11-19-18-8-20(11)2/h6-8H,3-5H2,1-2H3,(H,15,17)(H,16,21). The molecule has 0 spiro atoms. The molecular formula is C13H17BrN6O. The molecule has 0 aliphatic rings. The van der Waals surface area contributed by atoms with Crippen LogP contribution in [0.4, 0.5) is 5.82 Å². The summed E-state index contributed by atoms with van der Waals surface area (Å²) in [6, 6.07) is 1.75. The molecule has 21 heavy (non-hydrogen) atoms. The maximum absolute atomic E-state index is 12.3. The molecule has 0 bridgehead atoms. The Kier molecular flexibility index (Phi) is 5.26. The zero-order valence-corrected chi connectivity index (χ0v) is 13.5. The van der Waals surface area contributed by atoms with Crippen LogP contribution in [-0.2, 0) is 13.5 Å². The van der Waals surface area contributed by atoms with Gasteiger partial charge in [0.15, 0.2) is 0 Å². The maximum atomic E-state index is 12.3. The fourth-order valence-corrected chi connectivity index (χ4v) is 2.17. The number of hydrogen-bond acceptors (Lipinski definition) is 5. The van der Waals surface area contributed by atoms with Gasteiger partial charge in [-0.2, -0.15) is 0 Å². The summed E-state index contributed by atoms with van der Waals surface area (Å²) in [6.07, 6.45) is 3.92. The Labute approximate surface area is 131 Å². The van der Waals surface area contributed by atoms with Crippen molar-refractivity contribution in [2.45, 2.75) is 13.3 Å². The Morgan fingerprint density at radius 1 is 1.48 bits per heavy atom. The van der Waals surface area contributed by atoms with Gasteiger partial charge in [-0.3, -0.25) is 4.79 Å². The average Bonchev–Trinajstić information content (AvgIpc) is 2.86. The highest BCUT2D eigenvalue weighted by molar-refractivity contribution is 9.10. The number of aryl methyl sites for hydroxylation is 1. The molecule has 1 amide bonds. The Balaban J connectivity index is 1.99. The molecule has 0 aromatic carbocycles. The number of rotatable bonds is 6. The number of hydrogen-bond donors (Lipinski definition) is 2. The molecule has 0 radical (unpaired) electrons. The quantitative estimate of drug-likeness (QED) is 0.820. The van der Waals surface area contributed by atoms with E-state index in [-0.39, 0.29) is 5.91 Å². The van der Waals surface area contributed by atoms with E-state index >= 15 is 0 Å². The first kappa shape index (κ1) is 15.4. The first-order valence-corrected chi connectivity index (χ1v) is 7.41. The first-order valence-electron chi connectivity index (χ1n) is 6.62. The third kappa shape index (κ3) is 4.01. The van der Waals surface area contributed by atoms with Crippen LogP contribution >= 0.6 is 15.9 Å². The lowest BCUT2D eigenvalue weighted by atomic mass is 10.2. The van der Waals surface area contributed by atoms with E-state index in [0.717, 1.165) is 10.3 Å². The summed E-state index contributed by atoms with van der Waals surface area (Å²) < 4.78 is 2.60. The maximum Gasteiger partial charge on any atom is 0.255 e. The molecule has 0 unspecified atom stereocenters. The molecular weight excluding hydrogens is 336 g/mol. The minimum atomic E-state index is -0.165. The smallest absolute Gasteiger partial charge is 0.255 e. The topological polar surface area (TPSA) is 84.7 Å². The van der Waals surface area contributed by atoms with Crippen molar-refractivity contribution in [2.24, 2.45) is 7.05 Å². The Bertz CT molecular complexity index is 627. The Morgan fingerprint density at radius 3 is 2.95 bits per heavy atom. The average molecular weight is 353 g/mol. The minimum Gasteiger partial charge on any atom is -0.370 e. The van der Waals surface area contributed by atoms with E-state index in [1.807, 2.05) is 18.5 Å². The molecule has 0 atom stereocenters. The van der Waals surface area contributed by atoms with Crippen LogP contribution in [0, 0.1) is 0 Å². The summed E-state index contributed by atoms with van der Waals surface area (Å²) in [6.45, 7) is 3.15. The van der Waals surface area contributed by atoms with Gasteiger partial charge in [-0.25, -0.2) is 4.98 Å². The fraction of sp³-hybridized carbons (Fsp3) is 0.385. The van der Waals surface area contributed by atoms with E-state index in [0.29, 0.717) is 30.9 Å². The number of halogens is 1. The van der Waals surface area contributed by atoms with Gasteiger partial charge in [-0.05, 0) is 28.9 Å². The monoisotopic (exact) mass is 352 g/mol. The molecule has 0 saturated heterocycles. The predicted molar refractivity (Wildman–Crippen MR) is 83.1 cm³/mol. The number of pyridine rings is 1. The van der Waals surface area contributed by atoms with E-state index in [1.54, 1.807) is 18.6 Å². The highest BCUT2D eigenvalue weighted by atomic mass is 79.9. The summed E-state index contributed by atoms with van der Waals surface area (Å²) >= 11 is 3.33. The van der Waals surface area contributed by atoms with Gasteiger partial charge < -0.3 is 15.2 Å². The van der Waals surface area contributed by atoms with Crippen molar-refractivity contribution in [3.63, 3.8) is 0 Å². The van der Waals surface area contributed by atoms with Crippen molar-refractivity contribution in [3.05, 3.63) is 34.5 Å². The lowest BCUT2D eigenvalue weighted by Gasteiger charge is -2.10. The van der Waals surface area contributed by atoms with Crippen LogP contribution < -0.4 is 10.6 Å². The van der Waals surface area contributed by atoms with E-state index < -0.39 is 0 Å².